The SMILES string of the molecule is CC1COCCN1c1sc([C@H](C)O)cc1[N+](=O)[O-]. The molecule has 1 aliphatic rings. The van der Waals surface area contributed by atoms with Gasteiger partial charge in [-0.15, -0.1) is 11.3 Å². The molecule has 1 unspecified atom stereocenters. The molecule has 18 heavy (non-hydrogen) atoms. The van der Waals surface area contributed by atoms with Gasteiger partial charge in [0.15, 0.2) is 5.00 Å². The molecule has 1 N–H and O–H groups in total. The lowest BCUT2D eigenvalue weighted by atomic mass is 10.2. The zero-order valence-electron chi connectivity index (χ0n) is 10.3. The van der Waals surface area contributed by atoms with Crippen LogP contribution in [-0.4, -0.2) is 35.8 Å². The summed E-state index contributed by atoms with van der Waals surface area (Å²) in [4.78, 5) is 13.3. The van der Waals surface area contributed by atoms with Crippen molar-refractivity contribution in [3.8, 4) is 0 Å². The minimum Gasteiger partial charge on any atom is -0.388 e. The van der Waals surface area contributed by atoms with E-state index >= 15 is 0 Å². The van der Waals surface area contributed by atoms with Crippen LogP contribution in [0.15, 0.2) is 6.07 Å². The smallest absolute Gasteiger partial charge is 0.304 e. The third-order valence-corrected chi connectivity index (χ3v) is 4.28. The normalized spacial score (nSPS) is 21.9. The Kier molecular flexibility index (Phi) is 3.84. The summed E-state index contributed by atoms with van der Waals surface area (Å²) < 4.78 is 5.33. The molecule has 0 spiro atoms. The van der Waals surface area contributed by atoms with E-state index in [1.165, 1.54) is 17.4 Å². The zero-order valence-corrected chi connectivity index (χ0v) is 11.1. The predicted octanol–water partition coefficient (Wildman–Crippen LogP) is 1.93. The van der Waals surface area contributed by atoms with Crippen molar-refractivity contribution in [2.45, 2.75) is 26.0 Å². The topological polar surface area (TPSA) is 75.8 Å². The van der Waals surface area contributed by atoms with Crippen molar-refractivity contribution in [1.82, 2.24) is 0 Å². The fourth-order valence-electron chi connectivity index (χ4n) is 1.96. The summed E-state index contributed by atoms with van der Waals surface area (Å²) in [5.41, 5.74) is 0.0738. The molecule has 2 heterocycles. The van der Waals surface area contributed by atoms with Crippen LogP contribution >= 0.6 is 11.3 Å². The van der Waals surface area contributed by atoms with Crippen molar-refractivity contribution < 1.29 is 14.8 Å². The van der Waals surface area contributed by atoms with E-state index in [0.717, 1.165) is 0 Å². The lowest BCUT2D eigenvalue weighted by Crippen LogP contribution is -2.43. The number of anilines is 1. The molecule has 0 radical (unpaired) electrons. The highest BCUT2D eigenvalue weighted by atomic mass is 32.1. The molecule has 2 rings (SSSR count). The first-order chi connectivity index (χ1) is 8.50. The first kappa shape index (κ1) is 13.3. The molecule has 1 aliphatic heterocycles. The van der Waals surface area contributed by atoms with Crippen LogP contribution < -0.4 is 4.90 Å². The molecule has 0 aromatic carbocycles. The van der Waals surface area contributed by atoms with Gasteiger partial charge in [-0.1, -0.05) is 0 Å². The second-order valence-electron chi connectivity index (χ2n) is 4.39. The molecule has 0 aliphatic carbocycles. The third-order valence-electron chi connectivity index (χ3n) is 2.95. The number of nitrogens with zero attached hydrogens (tertiary/aromatic N) is 2. The van der Waals surface area contributed by atoms with E-state index in [4.69, 9.17) is 4.74 Å². The number of ether oxygens (including phenoxy) is 1. The Bertz CT molecular complexity index is 446. The molecule has 1 fully saturated rings. The maximum Gasteiger partial charge on any atom is 0.304 e. The van der Waals surface area contributed by atoms with E-state index < -0.39 is 6.10 Å². The zero-order chi connectivity index (χ0) is 13.3. The Balaban J connectivity index is 2.38. The highest BCUT2D eigenvalue weighted by Gasteiger charge is 2.29. The molecule has 2 atom stereocenters. The number of hydrogen-bond donors (Lipinski definition) is 1. The van der Waals surface area contributed by atoms with Gasteiger partial charge >= 0.3 is 5.69 Å². The van der Waals surface area contributed by atoms with Gasteiger partial charge in [-0.05, 0) is 13.8 Å². The van der Waals surface area contributed by atoms with E-state index in [-0.39, 0.29) is 16.7 Å². The third kappa shape index (κ3) is 2.47. The molecule has 100 valence electrons. The molecular weight excluding hydrogens is 256 g/mol. The summed E-state index contributed by atoms with van der Waals surface area (Å²) in [6.45, 7) is 5.37. The van der Waals surface area contributed by atoms with Gasteiger partial charge in [-0.25, -0.2) is 0 Å². The Morgan fingerprint density at radius 1 is 1.72 bits per heavy atom. The summed E-state index contributed by atoms with van der Waals surface area (Å²) in [5.74, 6) is 0. The average Bonchev–Trinajstić information content (AvgIpc) is 2.74. The van der Waals surface area contributed by atoms with Gasteiger partial charge in [-0.2, -0.15) is 0 Å². The lowest BCUT2D eigenvalue weighted by molar-refractivity contribution is -0.383. The Hall–Kier alpha value is -1.18. The highest BCUT2D eigenvalue weighted by Crippen LogP contribution is 2.41. The van der Waals surface area contributed by atoms with Crippen LogP contribution in [0.1, 0.15) is 24.8 Å². The maximum atomic E-state index is 11.1. The van der Waals surface area contributed by atoms with Gasteiger partial charge in [0.1, 0.15) is 0 Å². The maximum absolute atomic E-state index is 11.1. The van der Waals surface area contributed by atoms with Gasteiger partial charge in [0.25, 0.3) is 0 Å². The van der Waals surface area contributed by atoms with Gasteiger partial charge < -0.3 is 14.7 Å². The minimum atomic E-state index is -0.682. The van der Waals surface area contributed by atoms with Gasteiger partial charge in [0.05, 0.1) is 30.3 Å². The van der Waals surface area contributed by atoms with E-state index in [1.54, 1.807) is 6.92 Å². The quantitative estimate of drug-likeness (QED) is 0.672. The first-order valence-corrected chi connectivity index (χ1v) is 6.63. The van der Waals surface area contributed by atoms with E-state index in [1.807, 2.05) is 11.8 Å². The van der Waals surface area contributed by atoms with E-state index in [0.29, 0.717) is 29.6 Å². The van der Waals surface area contributed by atoms with Crippen molar-refractivity contribution in [2.24, 2.45) is 0 Å². The summed E-state index contributed by atoms with van der Waals surface area (Å²) in [6.07, 6.45) is -0.682. The standard InChI is InChI=1S/C11H16N2O4S/c1-7-6-17-4-3-12(7)11-9(13(15)16)5-10(18-11)8(2)14/h5,7-8,14H,3-4,6H2,1-2H3/t7?,8-/m0/s1. The van der Waals surface area contributed by atoms with Crippen LogP contribution in [0, 0.1) is 10.1 Å². The molecule has 0 bridgehead atoms. The summed E-state index contributed by atoms with van der Waals surface area (Å²) in [6, 6.07) is 1.57. The summed E-state index contributed by atoms with van der Waals surface area (Å²) in [5, 5.41) is 21.2. The molecule has 7 heteroatoms. The number of thiophene rings is 1. The van der Waals surface area contributed by atoms with Gasteiger partial charge in [-0.3, -0.25) is 10.1 Å². The largest absolute Gasteiger partial charge is 0.388 e. The molecule has 0 saturated carbocycles. The number of hydrogen-bond acceptors (Lipinski definition) is 6. The fourth-order valence-corrected chi connectivity index (χ4v) is 3.15. The van der Waals surface area contributed by atoms with Crippen LogP contribution in [0.3, 0.4) is 0 Å². The van der Waals surface area contributed by atoms with Crippen LogP contribution in [0.25, 0.3) is 0 Å². The number of aliphatic hydroxyl groups is 1. The Morgan fingerprint density at radius 3 is 3.00 bits per heavy atom. The molecule has 1 aromatic heterocycles. The van der Waals surface area contributed by atoms with E-state index in [9.17, 15) is 15.2 Å². The molecular formula is C11H16N2O4S. The highest BCUT2D eigenvalue weighted by molar-refractivity contribution is 7.16. The summed E-state index contributed by atoms with van der Waals surface area (Å²) >= 11 is 1.28. The number of nitro groups is 1. The number of morpholine rings is 1. The molecule has 1 saturated heterocycles. The minimum absolute atomic E-state index is 0.0738. The monoisotopic (exact) mass is 272 g/mol. The van der Waals surface area contributed by atoms with Crippen LogP contribution in [0.4, 0.5) is 10.7 Å². The van der Waals surface area contributed by atoms with Crippen molar-refractivity contribution in [1.29, 1.82) is 0 Å². The second-order valence-corrected chi connectivity index (χ2v) is 5.45. The summed E-state index contributed by atoms with van der Waals surface area (Å²) in [7, 11) is 0. The van der Waals surface area contributed by atoms with E-state index in [2.05, 4.69) is 0 Å². The molecule has 6 nitrogen and oxygen atoms in total. The number of rotatable bonds is 3. The average molecular weight is 272 g/mol. The lowest BCUT2D eigenvalue weighted by Gasteiger charge is -2.33. The van der Waals surface area contributed by atoms with Crippen molar-refractivity contribution in [3.63, 3.8) is 0 Å². The Morgan fingerprint density at radius 2 is 2.44 bits per heavy atom. The van der Waals surface area contributed by atoms with Crippen LogP contribution in [0.5, 0.6) is 0 Å². The van der Waals surface area contributed by atoms with Crippen molar-refractivity contribution >= 4 is 22.0 Å². The van der Waals surface area contributed by atoms with Crippen molar-refractivity contribution in [3.05, 3.63) is 21.1 Å². The van der Waals surface area contributed by atoms with Gasteiger partial charge in [0.2, 0.25) is 0 Å². The molecule has 1 aromatic rings. The molecule has 0 amide bonds. The van der Waals surface area contributed by atoms with Crippen LogP contribution in [-0.2, 0) is 4.74 Å². The van der Waals surface area contributed by atoms with Crippen molar-refractivity contribution in [2.75, 3.05) is 24.7 Å². The Labute approximate surface area is 109 Å². The predicted molar refractivity (Wildman–Crippen MR) is 69.2 cm³/mol. The first-order valence-electron chi connectivity index (χ1n) is 5.81. The van der Waals surface area contributed by atoms with Gasteiger partial charge in [0, 0.05) is 17.5 Å². The fraction of sp³-hybridized carbons (Fsp3) is 0.636. The van der Waals surface area contributed by atoms with Crippen LogP contribution in [0.2, 0.25) is 0 Å². The number of aliphatic hydroxyl groups excluding tert-OH is 1. The second kappa shape index (κ2) is 5.21.